The number of carbonyl (C=O) groups excluding carboxylic acids is 5. The summed E-state index contributed by atoms with van der Waals surface area (Å²) >= 11 is 0. The lowest BCUT2D eigenvalue weighted by atomic mass is 9.38. The third-order valence-electron chi connectivity index (χ3n) is 9.77. The van der Waals surface area contributed by atoms with Crippen molar-refractivity contribution in [2.75, 3.05) is 0 Å². The molecule has 0 unspecified atom stereocenters. The van der Waals surface area contributed by atoms with Crippen LogP contribution < -0.4 is 0 Å². The molecule has 0 aliphatic heterocycles. The Labute approximate surface area is 222 Å². The van der Waals surface area contributed by atoms with Gasteiger partial charge in [0.15, 0.2) is 11.9 Å². The molecule has 0 aromatic rings. The van der Waals surface area contributed by atoms with Crippen LogP contribution in [0.1, 0.15) is 74.1 Å². The monoisotopic (exact) mass is 534 g/mol. The van der Waals surface area contributed by atoms with Crippen LogP contribution in [0.5, 0.6) is 0 Å². The SMILES string of the molecule is C=C1C(=O)[C@]23[C@H](OC(C)=O)C[C@H]4C(C)(C)CC[C@@H](OC(C)=O)[C@@]4(C)[C@@H]2[C@@H](OC(C)=O)C[C@]1(O)[C@H]3OC(C)=O. The second-order valence-corrected chi connectivity index (χ2v) is 12.4. The molecule has 4 aliphatic rings. The first-order valence-corrected chi connectivity index (χ1v) is 13.1. The van der Waals surface area contributed by atoms with Crippen LogP contribution in [-0.2, 0) is 42.9 Å². The fourth-order valence-electron chi connectivity index (χ4n) is 8.70. The number of rotatable bonds is 4. The molecule has 4 saturated carbocycles. The average molecular weight is 535 g/mol. The summed E-state index contributed by atoms with van der Waals surface area (Å²) in [5, 5.41) is 11.9. The van der Waals surface area contributed by atoms with Crippen molar-refractivity contribution in [3.8, 4) is 0 Å². The summed E-state index contributed by atoms with van der Waals surface area (Å²) in [5.41, 5.74) is -5.41. The van der Waals surface area contributed by atoms with Crippen LogP contribution in [0.2, 0.25) is 0 Å². The van der Waals surface area contributed by atoms with Gasteiger partial charge >= 0.3 is 23.9 Å². The van der Waals surface area contributed by atoms with Crippen LogP contribution in [0.15, 0.2) is 12.2 Å². The Morgan fingerprint density at radius 2 is 1.39 bits per heavy atom. The first-order chi connectivity index (χ1) is 17.4. The quantitative estimate of drug-likeness (QED) is 0.325. The average Bonchev–Trinajstić information content (AvgIpc) is 2.85. The molecule has 10 nitrogen and oxygen atoms in total. The molecule has 0 heterocycles. The summed E-state index contributed by atoms with van der Waals surface area (Å²) < 4.78 is 23.3. The Bertz CT molecular complexity index is 1110. The first kappa shape index (κ1) is 28.3. The molecule has 0 saturated heterocycles. The zero-order valence-corrected chi connectivity index (χ0v) is 23.1. The molecule has 10 heteroatoms. The van der Waals surface area contributed by atoms with Crippen molar-refractivity contribution in [2.24, 2.45) is 28.1 Å². The highest BCUT2D eigenvalue weighted by atomic mass is 16.6. The predicted molar refractivity (Wildman–Crippen MR) is 131 cm³/mol. The van der Waals surface area contributed by atoms with Gasteiger partial charge in [-0.05, 0) is 30.6 Å². The number of ketones is 1. The van der Waals surface area contributed by atoms with E-state index in [1.807, 2.05) is 6.92 Å². The predicted octanol–water partition coefficient (Wildman–Crippen LogP) is 2.44. The highest BCUT2D eigenvalue weighted by Gasteiger charge is 2.84. The van der Waals surface area contributed by atoms with Crippen molar-refractivity contribution in [1.82, 2.24) is 0 Å². The lowest BCUT2D eigenvalue weighted by Crippen LogP contribution is -2.76. The minimum Gasteiger partial charge on any atom is -0.462 e. The molecule has 0 aromatic heterocycles. The summed E-state index contributed by atoms with van der Waals surface area (Å²) in [5.74, 6) is -4.34. The number of fused-ring (bicyclic) bond motifs is 3. The van der Waals surface area contributed by atoms with Crippen LogP contribution in [0.3, 0.4) is 0 Å². The van der Waals surface area contributed by atoms with Gasteiger partial charge in [-0.3, -0.25) is 24.0 Å². The molecule has 0 radical (unpaired) electrons. The van der Waals surface area contributed by atoms with Crippen LogP contribution in [0, 0.1) is 28.1 Å². The Kier molecular flexibility index (Phi) is 6.61. The van der Waals surface area contributed by atoms with Gasteiger partial charge in [-0.15, -0.1) is 0 Å². The van der Waals surface area contributed by atoms with E-state index in [1.54, 1.807) is 0 Å². The zero-order chi connectivity index (χ0) is 28.6. The second-order valence-electron chi connectivity index (χ2n) is 12.4. The van der Waals surface area contributed by atoms with Crippen molar-refractivity contribution in [3.05, 3.63) is 12.2 Å². The zero-order valence-electron chi connectivity index (χ0n) is 23.1. The minimum absolute atomic E-state index is 0.178. The highest BCUT2D eigenvalue weighted by molar-refractivity contribution is 6.07. The summed E-state index contributed by atoms with van der Waals surface area (Å²) in [7, 11) is 0. The highest BCUT2D eigenvalue weighted by Crippen LogP contribution is 2.73. The van der Waals surface area contributed by atoms with E-state index < -0.39 is 76.4 Å². The van der Waals surface area contributed by atoms with E-state index in [2.05, 4.69) is 20.4 Å². The summed E-state index contributed by atoms with van der Waals surface area (Å²) in [6.07, 6.45) is -3.22. The van der Waals surface area contributed by atoms with Crippen molar-refractivity contribution < 1.29 is 48.0 Å². The molecule has 0 aromatic carbocycles. The third kappa shape index (κ3) is 3.73. The van der Waals surface area contributed by atoms with Gasteiger partial charge in [-0.1, -0.05) is 27.4 Å². The summed E-state index contributed by atoms with van der Waals surface area (Å²) in [6.45, 7) is 14.9. The maximum atomic E-state index is 14.4. The number of Topliss-reactive ketones (excluding diaryl/α,β-unsaturated/α-hetero) is 1. The van der Waals surface area contributed by atoms with Crippen molar-refractivity contribution in [1.29, 1.82) is 0 Å². The number of carbonyl (C=O) groups is 5. The van der Waals surface area contributed by atoms with Crippen LogP contribution >= 0.6 is 0 Å². The van der Waals surface area contributed by atoms with E-state index in [-0.39, 0.29) is 29.7 Å². The maximum absolute atomic E-state index is 14.4. The molecular weight excluding hydrogens is 496 g/mol. The Morgan fingerprint density at radius 3 is 1.92 bits per heavy atom. The molecular formula is C28H38O10. The van der Waals surface area contributed by atoms with Gasteiger partial charge in [0.1, 0.15) is 29.3 Å². The van der Waals surface area contributed by atoms with E-state index in [0.717, 1.165) is 0 Å². The molecule has 4 aliphatic carbocycles. The standard InChI is InChI=1S/C28H38O10/c1-13-23(33)28-21(37-16(4)31)11-19-25(6,7)10-9-20(36-15(3)30)26(19,8)22(28)18(35-14(2)29)12-27(13,34)24(28)38-17(5)32/h18-22,24,34H,1,9-12H2,2-8H3/t18-,19-,20+,21+,22-,24+,26-,27+,28-/m0/s1. The van der Waals surface area contributed by atoms with E-state index in [4.69, 9.17) is 18.9 Å². The molecule has 2 bridgehead atoms. The van der Waals surface area contributed by atoms with Crippen molar-refractivity contribution in [3.63, 3.8) is 0 Å². The van der Waals surface area contributed by atoms with Gasteiger partial charge in [-0.2, -0.15) is 0 Å². The van der Waals surface area contributed by atoms with Crippen molar-refractivity contribution in [2.45, 2.75) is 104 Å². The Hall–Kier alpha value is -2.75. The summed E-state index contributed by atoms with van der Waals surface area (Å²) in [4.78, 5) is 63.9. The van der Waals surface area contributed by atoms with Gasteiger partial charge in [0.25, 0.3) is 0 Å². The van der Waals surface area contributed by atoms with Crippen LogP contribution in [0.4, 0.5) is 0 Å². The number of ether oxygens (including phenoxy) is 4. The number of hydrogen-bond acceptors (Lipinski definition) is 10. The molecule has 1 spiro atoms. The van der Waals surface area contributed by atoms with Crippen LogP contribution in [-0.4, -0.2) is 64.8 Å². The molecule has 38 heavy (non-hydrogen) atoms. The topological polar surface area (TPSA) is 143 Å². The number of aliphatic hydroxyl groups is 1. The van der Waals surface area contributed by atoms with E-state index in [1.165, 1.54) is 27.7 Å². The molecule has 210 valence electrons. The van der Waals surface area contributed by atoms with Crippen LogP contribution in [0.25, 0.3) is 0 Å². The minimum atomic E-state index is -2.05. The van der Waals surface area contributed by atoms with E-state index in [9.17, 15) is 29.1 Å². The molecule has 4 rings (SSSR count). The number of hydrogen-bond donors (Lipinski definition) is 1. The maximum Gasteiger partial charge on any atom is 0.303 e. The van der Waals surface area contributed by atoms with Gasteiger partial charge < -0.3 is 24.1 Å². The normalized spacial score (nSPS) is 42.8. The third-order valence-corrected chi connectivity index (χ3v) is 9.77. The summed E-state index contributed by atoms with van der Waals surface area (Å²) in [6, 6.07) is 0. The lowest BCUT2D eigenvalue weighted by molar-refractivity contribution is -0.298. The lowest BCUT2D eigenvalue weighted by Gasteiger charge is -2.68. The molecule has 0 amide bonds. The van der Waals surface area contributed by atoms with Gasteiger partial charge in [0.2, 0.25) is 0 Å². The van der Waals surface area contributed by atoms with Gasteiger partial charge in [0.05, 0.1) is 0 Å². The largest absolute Gasteiger partial charge is 0.462 e. The second kappa shape index (κ2) is 8.89. The fraction of sp³-hybridized carbons (Fsp3) is 0.750. The number of esters is 4. The smallest absolute Gasteiger partial charge is 0.303 e. The first-order valence-electron chi connectivity index (χ1n) is 13.1. The van der Waals surface area contributed by atoms with E-state index >= 15 is 0 Å². The molecule has 9 atom stereocenters. The van der Waals surface area contributed by atoms with Crippen molar-refractivity contribution >= 4 is 29.7 Å². The Morgan fingerprint density at radius 1 is 0.868 bits per heavy atom. The van der Waals surface area contributed by atoms with Gasteiger partial charge in [0, 0.05) is 51.0 Å². The fourth-order valence-corrected chi connectivity index (χ4v) is 8.70. The Balaban J connectivity index is 2.09. The molecule has 1 N–H and O–H groups in total. The van der Waals surface area contributed by atoms with Gasteiger partial charge in [-0.25, -0.2) is 0 Å². The molecule has 4 fully saturated rings. The van der Waals surface area contributed by atoms with E-state index in [0.29, 0.717) is 12.8 Å².